The number of rotatable bonds is 2. The van der Waals surface area contributed by atoms with Crippen LogP contribution in [0.4, 0.5) is 0 Å². The summed E-state index contributed by atoms with van der Waals surface area (Å²) in [5.41, 5.74) is 0. The molecule has 1 saturated heterocycles. The Morgan fingerprint density at radius 2 is 2.27 bits per heavy atom. The molecular formula is C6H11NO4. The highest BCUT2D eigenvalue weighted by Crippen LogP contribution is 2.12. The van der Waals surface area contributed by atoms with E-state index >= 15 is 0 Å². The predicted octanol–water partition coefficient (Wildman–Crippen LogP) is -1.85. The normalized spacial score (nSPS) is 37.5. The minimum absolute atomic E-state index is 0.167. The van der Waals surface area contributed by atoms with Gasteiger partial charge in [0.25, 0.3) is 0 Å². The van der Waals surface area contributed by atoms with Crippen molar-refractivity contribution in [2.75, 3.05) is 6.61 Å². The number of carbonyl (C=O) groups is 1. The van der Waals surface area contributed by atoms with Gasteiger partial charge in [0.2, 0.25) is 0 Å². The van der Waals surface area contributed by atoms with Gasteiger partial charge in [-0.3, -0.25) is 10.1 Å². The minimum Gasteiger partial charge on any atom is -0.480 e. The van der Waals surface area contributed by atoms with E-state index in [9.17, 15) is 4.79 Å². The fourth-order valence-electron chi connectivity index (χ4n) is 1.19. The van der Waals surface area contributed by atoms with Crippen molar-refractivity contribution >= 4 is 5.97 Å². The molecule has 0 saturated carbocycles. The molecule has 0 radical (unpaired) electrons. The van der Waals surface area contributed by atoms with Gasteiger partial charge < -0.3 is 15.3 Å². The van der Waals surface area contributed by atoms with Gasteiger partial charge in [-0.05, 0) is 0 Å². The van der Waals surface area contributed by atoms with Crippen molar-refractivity contribution in [3.63, 3.8) is 0 Å². The van der Waals surface area contributed by atoms with Crippen LogP contribution in [0, 0.1) is 0 Å². The number of aliphatic carboxylic acids is 1. The van der Waals surface area contributed by atoms with Gasteiger partial charge in [-0.15, -0.1) is 0 Å². The second kappa shape index (κ2) is 3.17. The van der Waals surface area contributed by atoms with Crippen molar-refractivity contribution in [1.82, 2.24) is 5.32 Å². The van der Waals surface area contributed by atoms with Crippen molar-refractivity contribution in [1.29, 1.82) is 0 Å². The number of nitrogens with one attached hydrogen (secondary N) is 1. The zero-order chi connectivity index (χ0) is 8.43. The lowest BCUT2D eigenvalue weighted by molar-refractivity contribution is -0.139. The molecule has 1 fully saturated rings. The molecule has 64 valence electrons. The van der Waals surface area contributed by atoms with E-state index in [4.69, 9.17) is 15.3 Å². The van der Waals surface area contributed by atoms with Crippen LogP contribution in [0.3, 0.4) is 0 Å². The van der Waals surface area contributed by atoms with Gasteiger partial charge in [0.15, 0.2) is 0 Å². The smallest absolute Gasteiger partial charge is 0.320 e. The average molecular weight is 161 g/mol. The van der Waals surface area contributed by atoms with E-state index in [2.05, 4.69) is 5.32 Å². The Morgan fingerprint density at radius 1 is 1.64 bits per heavy atom. The highest BCUT2D eigenvalue weighted by molar-refractivity contribution is 5.74. The maximum Gasteiger partial charge on any atom is 0.320 e. The molecule has 1 aliphatic heterocycles. The third-order valence-electron chi connectivity index (χ3n) is 1.85. The number of carboxylic acids is 1. The molecule has 0 aliphatic carbocycles. The van der Waals surface area contributed by atoms with Crippen LogP contribution >= 0.6 is 0 Å². The number of hydrogen-bond donors (Lipinski definition) is 4. The lowest BCUT2D eigenvalue weighted by Gasteiger charge is -2.09. The summed E-state index contributed by atoms with van der Waals surface area (Å²) in [4.78, 5) is 10.4. The third-order valence-corrected chi connectivity index (χ3v) is 1.85. The van der Waals surface area contributed by atoms with Gasteiger partial charge in [-0.1, -0.05) is 0 Å². The number of hydrogen-bond acceptors (Lipinski definition) is 4. The zero-order valence-electron chi connectivity index (χ0n) is 5.90. The first-order valence-electron chi connectivity index (χ1n) is 3.43. The van der Waals surface area contributed by atoms with Crippen molar-refractivity contribution in [3.8, 4) is 0 Å². The summed E-state index contributed by atoms with van der Waals surface area (Å²) in [5.74, 6) is -0.986. The van der Waals surface area contributed by atoms with Crippen LogP contribution in [0.2, 0.25) is 0 Å². The van der Waals surface area contributed by atoms with Gasteiger partial charge in [0.05, 0.1) is 18.8 Å². The molecule has 0 aromatic rings. The highest BCUT2D eigenvalue weighted by Gasteiger charge is 2.35. The molecule has 0 bridgehead atoms. The molecule has 0 unspecified atom stereocenters. The first-order chi connectivity index (χ1) is 5.15. The van der Waals surface area contributed by atoms with Crippen LogP contribution in [-0.4, -0.2) is 46.1 Å². The first kappa shape index (κ1) is 8.45. The lowest BCUT2D eigenvalue weighted by atomic mass is 10.1. The third kappa shape index (κ3) is 1.68. The van der Waals surface area contributed by atoms with E-state index in [0.717, 1.165) is 0 Å². The Morgan fingerprint density at radius 3 is 2.55 bits per heavy atom. The van der Waals surface area contributed by atoms with E-state index in [-0.39, 0.29) is 13.0 Å². The number of carboxylic acid groups (broad SMARTS) is 1. The summed E-state index contributed by atoms with van der Waals surface area (Å²) in [7, 11) is 0. The van der Waals surface area contributed by atoms with E-state index in [1.807, 2.05) is 0 Å². The Hall–Kier alpha value is -0.650. The van der Waals surface area contributed by atoms with Gasteiger partial charge in [-0.2, -0.15) is 0 Å². The Bertz CT molecular complexity index is 161. The first-order valence-corrected chi connectivity index (χ1v) is 3.43. The van der Waals surface area contributed by atoms with Crippen LogP contribution in [0.15, 0.2) is 0 Å². The maximum atomic E-state index is 10.4. The van der Waals surface area contributed by atoms with E-state index in [1.165, 1.54) is 0 Å². The molecule has 4 N–H and O–H groups in total. The fraction of sp³-hybridized carbons (Fsp3) is 0.833. The number of aliphatic hydroxyl groups is 2. The van der Waals surface area contributed by atoms with Crippen LogP contribution in [0.5, 0.6) is 0 Å². The fourth-order valence-corrected chi connectivity index (χ4v) is 1.19. The SMILES string of the molecule is O=C(O)[C@H]1C[C@H](O)[C@@H](CO)N1. The minimum atomic E-state index is -0.986. The van der Waals surface area contributed by atoms with Crippen LogP contribution in [0.25, 0.3) is 0 Å². The predicted molar refractivity (Wildman–Crippen MR) is 36.1 cm³/mol. The molecular weight excluding hydrogens is 150 g/mol. The Balaban J connectivity index is 2.49. The molecule has 3 atom stereocenters. The largest absolute Gasteiger partial charge is 0.480 e. The molecule has 0 amide bonds. The summed E-state index contributed by atoms with van der Waals surface area (Å²) < 4.78 is 0. The summed E-state index contributed by atoms with van der Waals surface area (Å²) in [6.07, 6.45) is -0.582. The molecule has 1 rings (SSSR count). The maximum absolute atomic E-state index is 10.4. The lowest BCUT2D eigenvalue weighted by Crippen LogP contribution is -2.39. The molecule has 1 heterocycles. The van der Waals surface area contributed by atoms with Gasteiger partial charge in [0, 0.05) is 6.42 Å². The van der Waals surface area contributed by atoms with Crippen LogP contribution in [-0.2, 0) is 4.79 Å². The molecule has 11 heavy (non-hydrogen) atoms. The molecule has 1 aliphatic rings. The van der Waals surface area contributed by atoms with Gasteiger partial charge in [-0.25, -0.2) is 0 Å². The number of aliphatic hydroxyl groups excluding tert-OH is 2. The van der Waals surface area contributed by atoms with Crippen molar-refractivity contribution in [2.24, 2.45) is 0 Å². The molecule has 5 heteroatoms. The highest BCUT2D eigenvalue weighted by atomic mass is 16.4. The summed E-state index contributed by atoms with van der Waals surface area (Å²) in [6, 6.07) is -1.21. The van der Waals surface area contributed by atoms with Crippen LogP contribution < -0.4 is 5.32 Å². The monoisotopic (exact) mass is 161 g/mol. The average Bonchev–Trinajstić information content (AvgIpc) is 2.31. The Labute approximate surface area is 63.7 Å². The zero-order valence-corrected chi connectivity index (χ0v) is 5.90. The summed E-state index contributed by atoms with van der Waals surface area (Å²) in [5, 5.41) is 28.8. The Kier molecular flexibility index (Phi) is 2.43. The molecule has 0 aromatic heterocycles. The molecule has 5 nitrogen and oxygen atoms in total. The quantitative estimate of drug-likeness (QED) is 0.382. The van der Waals surface area contributed by atoms with Crippen LogP contribution in [0.1, 0.15) is 6.42 Å². The van der Waals surface area contributed by atoms with Gasteiger partial charge in [0.1, 0.15) is 6.04 Å². The van der Waals surface area contributed by atoms with Gasteiger partial charge >= 0.3 is 5.97 Å². The molecule has 0 spiro atoms. The van der Waals surface area contributed by atoms with Crippen molar-refractivity contribution in [2.45, 2.75) is 24.6 Å². The van der Waals surface area contributed by atoms with E-state index in [1.54, 1.807) is 0 Å². The van der Waals surface area contributed by atoms with E-state index in [0.29, 0.717) is 0 Å². The topological polar surface area (TPSA) is 89.8 Å². The van der Waals surface area contributed by atoms with Crippen molar-refractivity contribution in [3.05, 3.63) is 0 Å². The molecule has 0 aromatic carbocycles. The second-order valence-corrected chi connectivity index (χ2v) is 2.65. The van der Waals surface area contributed by atoms with E-state index < -0.39 is 24.2 Å². The second-order valence-electron chi connectivity index (χ2n) is 2.65. The summed E-state index contributed by atoms with van der Waals surface area (Å²) >= 11 is 0. The van der Waals surface area contributed by atoms with Crippen molar-refractivity contribution < 1.29 is 20.1 Å². The summed E-state index contributed by atoms with van der Waals surface area (Å²) in [6.45, 7) is -0.231. The standard InChI is InChI=1S/C6H11NO4/c8-2-4-5(9)1-3(7-4)6(10)11/h3-5,7-9H,1-2H2,(H,10,11)/t3-,4-,5+/m1/s1.